The molecule has 108 valence electrons. The minimum absolute atomic E-state index is 0.224. The first kappa shape index (κ1) is 14.3. The molecule has 0 saturated carbocycles. The zero-order valence-electron chi connectivity index (χ0n) is 11.9. The Labute approximate surface area is 115 Å². The molecule has 0 unspecified atom stereocenters. The van der Waals surface area contributed by atoms with Gasteiger partial charge in [0.1, 0.15) is 0 Å². The minimum Gasteiger partial charge on any atom is -0.342 e. The van der Waals surface area contributed by atoms with Crippen molar-refractivity contribution in [3.8, 4) is 0 Å². The number of rotatable bonds is 3. The molecular formula is C14H25N3O2. The third-order valence-electron chi connectivity index (χ3n) is 4.10. The van der Waals surface area contributed by atoms with E-state index in [1.54, 1.807) is 0 Å². The van der Waals surface area contributed by atoms with Crippen LogP contribution in [0.5, 0.6) is 0 Å². The summed E-state index contributed by atoms with van der Waals surface area (Å²) in [7, 11) is 0. The fraction of sp³-hybridized carbons (Fsp3) is 0.857. The quantitative estimate of drug-likeness (QED) is 0.750. The number of nitrogens with zero attached hydrogens (tertiary/aromatic N) is 3. The van der Waals surface area contributed by atoms with Crippen LogP contribution in [0.4, 0.5) is 0 Å². The molecule has 0 aromatic heterocycles. The van der Waals surface area contributed by atoms with Crippen LogP contribution >= 0.6 is 0 Å². The smallest absolute Gasteiger partial charge is 0.236 e. The number of piperazine rings is 1. The van der Waals surface area contributed by atoms with Crippen molar-refractivity contribution in [1.82, 2.24) is 14.7 Å². The van der Waals surface area contributed by atoms with E-state index in [0.717, 1.165) is 52.1 Å². The van der Waals surface area contributed by atoms with Crippen LogP contribution in [0.25, 0.3) is 0 Å². The van der Waals surface area contributed by atoms with Crippen molar-refractivity contribution in [3.05, 3.63) is 0 Å². The molecule has 0 N–H and O–H groups in total. The van der Waals surface area contributed by atoms with Gasteiger partial charge in [-0.25, -0.2) is 0 Å². The maximum absolute atomic E-state index is 12.1. The molecule has 2 heterocycles. The van der Waals surface area contributed by atoms with E-state index >= 15 is 0 Å². The molecule has 5 nitrogen and oxygen atoms in total. The van der Waals surface area contributed by atoms with Crippen LogP contribution < -0.4 is 0 Å². The fourth-order valence-electron chi connectivity index (χ4n) is 2.81. The number of piperidine rings is 1. The summed E-state index contributed by atoms with van der Waals surface area (Å²) in [6.07, 6.45) is 4.11. The number of hydrogen-bond acceptors (Lipinski definition) is 3. The predicted octanol–water partition coefficient (Wildman–Crippen LogP) is 0.553. The molecule has 2 aliphatic rings. The van der Waals surface area contributed by atoms with E-state index in [9.17, 15) is 9.59 Å². The Bertz CT molecular complexity index is 319. The first-order valence-corrected chi connectivity index (χ1v) is 7.48. The summed E-state index contributed by atoms with van der Waals surface area (Å²) < 4.78 is 0. The van der Waals surface area contributed by atoms with E-state index < -0.39 is 0 Å². The molecule has 0 radical (unpaired) electrons. The van der Waals surface area contributed by atoms with Crippen LogP contribution in [0.2, 0.25) is 0 Å². The summed E-state index contributed by atoms with van der Waals surface area (Å²) in [4.78, 5) is 29.8. The van der Waals surface area contributed by atoms with Crippen molar-refractivity contribution >= 4 is 11.8 Å². The molecule has 2 saturated heterocycles. The van der Waals surface area contributed by atoms with Gasteiger partial charge in [0.05, 0.1) is 6.54 Å². The lowest BCUT2D eigenvalue weighted by molar-refractivity contribution is -0.135. The van der Waals surface area contributed by atoms with Crippen molar-refractivity contribution < 1.29 is 9.59 Å². The second-order valence-corrected chi connectivity index (χ2v) is 5.45. The molecule has 0 aromatic rings. The average molecular weight is 267 g/mol. The van der Waals surface area contributed by atoms with Crippen LogP contribution in [-0.4, -0.2) is 72.3 Å². The van der Waals surface area contributed by atoms with Gasteiger partial charge in [0, 0.05) is 45.7 Å². The standard InChI is InChI=1S/C14H25N3O2/c1-2-13(18)17-10-8-15(9-11-17)12-14(19)16-6-4-3-5-7-16/h2-12H2,1H3. The molecule has 2 amide bonds. The van der Waals surface area contributed by atoms with E-state index in [2.05, 4.69) is 4.90 Å². The van der Waals surface area contributed by atoms with Gasteiger partial charge in [0.2, 0.25) is 11.8 Å². The second-order valence-electron chi connectivity index (χ2n) is 5.45. The monoisotopic (exact) mass is 267 g/mol. The predicted molar refractivity (Wildman–Crippen MR) is 73.7 cm³/mol. The fourth-order valence-corrected chi connectivity index (χ4v) is 2.81. The largest absolute Gasteiger partial charge is 0.342 e. The van der Waals surface area contributed by atoms with Crippen LogP contribution in [0.1, 0.15) is 32.6 Å². The topological polar surface area (TPSA) is 43.9 Å². The zero-order valence-corrected chi connectivity index (χ0v) is 11.9. The lowest BCUT2D eigenvalue weighted by Gasteiger charge is -2.36. The Hall–Kier alpha value is -1.10. The summed E-state index contributed by atoms with van der Waals surface area (Å²) in [5, 5.41) is 0. The van der Waals surface area contributed by atoms with Crippen LogP contribution in [0, 0.1) is 0 Å². The first-order chi connectivity index (χ1) is 9.20. The van der Waals surface area contributed by atoms with E-state index in [1.165, 1.54) is 6.42 Å². The zero-order chi connectivity index (χ0) is 13.7. The third-order valence-corrected chi connectivity index (χ3v) is 4.10. The van der Waals surface area contributed by atoms with Gasteiger partial charge in [-0.05, 0) is 19.3 Å². The van der Waals surface area contributed by atoms with Gasteiger partial charge in [-0.15, -0.1) is 0 Å². The number of carbonyl (C=O) groups excluding carboxylic acids is 2. The van der Waals surface area contributed by atoms with Gasteiger partial charge in [-0.2, -0.15) is 0 Å². The molecule has 2 rings (SSSR count). The summed E-state index contributed by atoms with van der Waals surface area (Å²) in [5.41, 5.74) is 0. The van der Waals surface area contributed by atoms with Crippen molar-refractivity contribution in [3.63, 3.8) is 0 Å². The highest BCUT2D eigenvalue weighted by Gasteiger charge is 2.23. The molecule has 0 bridgehead atoms. The highest BCUT2D eigenvalue weighted by molar-refractivity contribution is 5.78. The maximum Gasteiger partial charge on any atom is 0.236 e. The molecular weight excluding hydrogens is 242 g/mol. The molecule has 0 atom stereocenters. The van der Waals surface area contributed by atoms with E-state index in [0.29, 0.717) is 13.0 Å². The molecule has 2 fully saturated rings. The van der Waals surface area contributed by atoms with Gasteiger partial charge in [-0.1, -0.05) is 6.92 Å². The molecule has 5 heteroatoms. The minimum atomic E-state index is 0.224. The SMILES string of the molecule is CCC(=O)N1CCN(CC(=O)N2CCCCC2)CC1. The van der Waals surface area contributed by atoms with Crippen molar-refractivity contribution in [2.24, 2.45) is 0 Å². The first-order valence-electron chi connectivity index (χ1n) is 7.48. The Kier molecular flexibility index (Phi) is 5.19. The molecule has 0 spiro atoms. The molecule has 2 aliphatic heterocycles. The summed E-state index contributed by atoms with van der Waals surface area (Å²) in [6, 6.07) is 0. The maximum atomic E-state index is 12.1. The third kappa shape index (κ3) is 3.93. The number of likely N-dealkylation sites (tertiary alicyclic amines) is 1. The Morgan fingerprint density at radius 2 is 1.37 bits per heavy atom. The van der Waals surface area contributed by atoms with Crippen molar-refractivity contribution in [2.45, 2.75) is 32.6 Å². The van der Waals surface area contributed by atoms with Crippen molar-refractivity contribution in [2.75, 3.05) is 45.8 Å². The number of hydrogen-bond donors (Lipinski definition) is 0. The van der Waals surface area contributed by atoms with Crippen LogP contribution in [0.15, 0.2) is 0 Å². The van der Waals surface area contributed by atoms with E-state index in [4.69, 9.17) is 0 Å². The highest BCUT2D eigenvalue weighted by Crippen LogP contribution is 2.10. The van der Waals surface area contributed by atoms with Gasteiger partial charge in [-0.3, -0.25) is 14.5 Å². The Balaban J connectivity index is 1.72. The summed E-state index contributed by atoms with van der Waals surface area (Å²) in [6.45, 7) is 7.44. The van der Waals surface area contributed by atoms with Gasteiger partial charge < -0.3 is 9.80 Å². The van der Waals surface area contributed by atoms with Crippen LogP contribution in [0.3, 0.4) is 0 Å². The number of amides is 2. The number of carbonyl (C=O) groups is 2. The Morgan fingerprint density at radius 1 is 0.789 bits per heavy atom. The van der Waals surface area contributed by atoms with E-state index in [1.807, 2.05) is 16.7 Å². The highest BCUT2D eigenvalue weighted by atomic mass is 16.2. The Morgan fingerprint density at radius 3 is 1.95 bits per heavy atom. The second kappa shape index (κ2) is 6.89. The normalized spacial score (nSPS) is 21.5. The average Bonchev–Trinajstić information content (AvgIpc) is 2.48. The molecule has 19 heavy (non-hydrogen) atoms. The lowest BCUT2D eigenvalue weighted by atomic mass is 10.1. The van der Waals surface area contributed by atoms with Gasteiger partial charge >= 0.3 is 0 Å². The van der Waals surface area contributed by atoms with E-state index in [-0.39, 0.29) is 11.8 Å². The lowest BCUT2D eigenvalue weighted by Crippen LogP contribution is -2.51. The van der Waals surface area contributed by atoms with Gasteiger partial charge in [0.15, 0.2) is 0 Å². The summed E-state index contributed by atoms with van der Waals surface area (Å²) >= 11 is 0. The van der Waals surface area contributed by atoms with Crippen LogP contribution in [-0.2, 0) is 9.59 Å². The summed E-state index contributed by atoms with van der Waals surface area (Å²) in [5.74, 6) is 0.483. The molecule has 0 aromatic carbocycles. The van der Waals surface area contributed by atoms with Crippen molar-refractivity contribution in [1.29, 1.82) is 0 Å². The van der Waals surface area contributed by atoms with Gasteiger partial charge in [0.25, 0.3) is 0 Å². The molecule has 0 aliphatic carbocycles.